The summed E-state index contributed by atoms with van der Waals surface area (Å²) in [5.74, 6) is -1.10. The lowest BCUT2D eigenvalue weighted by atomic mass is 10.0. The Balaban J connectivity index is 2.80. The average Bonchev–Trinajstić information content (AvgIpc) is 1.94. The minimum atomic E-state index is -1.11. The summed E-state index contributed by atoms with van der Waals surface area (Å²) in [5, 5.41) is 26.3. The van der Waals surface area contributed by atoms with Crippen molar-refractivity contribution in [2.24, 2.45) is 0 Å². The molecule has 0 aromatic heterocycles. The highest BCUT2D eigenvalue weighted by Gasteiger charge is 2.18. The van der Waals surface area contributed by atoms with Gasteiger partial charge in [-0.3, -0.25) is 0 Å². The molecule has 1 rings (SSSR count). The minimum Gasteiger partial charge on any atom is -0.478 e. The van der Waals surface area contributed by atoms with E-state index in [0.717, 1.165) is 6.08 Å². The van der Waals surface area contributed by atoms with Crippen LogP contribution in [0.4, 0.5) is 0 Å². The van der Waals surface area contributed by atoms with Gasteiger partial charge >= 0.3 is 5.97 Å². The first-order valence-corrected chi connectivity index (χ1v) is 3.10. The fraction of sp³-hybridized carbons (Fsp3) is 0.286. The molecule has 2 atom stereocenters. The highest BCUT2D eigenvalue weighted by Crippen LogP contribution is 2.10. The largest absolute Gasteiger partial charge is 0.478 e. The highest BCUT2D eigenvalue weighted by molar-refractivity contribution is 5.90. The summed E-state index contributed by atoms with van der Waals surface area (Å²) < 4.78 is 0. The predicted molar refractivity (Wildman–Crippen MR) is 36.9 cm³/mol. The Morgan fingerprint density at radius 2 is 2.00 bits per heavy atom. The standard InChI is InChI=1S/C7H8O4/c8-5-2-1-4(7(10)11)3-6(5)9/h1-3,5-6,8-9H,(H,10,11)/t5-,6-/m1/s1. The third-order valence-corrected chi connectivity index (χ3v) is 1.42. The number of aliphatic carboxylic acids is 1. The molecular formula is C7H8O4. The van der Waals surface area contributed by atoms with Crippen molar-refractivity contribution in [2.45, 2.75) is 12.2 Å². The quantitative estimate of drug-likeness (QED) is 0.468. The van der Waals surface area contributed by atoms with Crippen LogP contribution in [0.25, 0.3) is 0 Å². The molecule has 4 nitrogen and oxygen atoms in total. The summed E-state index contributed by atoms with van der Waals surface area (Å²) in [6.07, 6.45) is 1.52. The molecule has 3 N–H and O–H groups in total. The van der Waals surface area contributed by atoms with Crippen molar-refractivity contribution in [2.75, 3.05) is 0 Å². The second-order valence-electron chi connectivity index (χ2n) is 2.27. The summed E-state index contributed by atoms with van der Waals surface area (Å²) in [5.41, 5.74) is 0.00259. The van der Waals surface area contributed by atoms with E-state index in [9.17, 15) is 4.79 Å². The molecule has 1 aliphatic rings. The third kappa shape index (κ3) is 1.66. The zero-order valence-electron chi connectivity index (χ0n) is 5.64. The van der Waals surface area contributed by atoms with Crippen molar-refractivity contribution >= 4 is 5.97 Å². The van der Waals surface area contributed by atoms with Gasteiger partial charge in [0, 0.05) is 0 Å². The van der Waals surface area contributed by atoms with Gasteiger partial charge in [0.25, 0.3) is 0 Å². The number of hydrogen-bond donors (Lipinski definition) is 3. The molecule has 0 aromatic rings. The molecule has 0 amide bonds. The molecule has 0 saturated carbocycles. The van der Waals surface area contributed by atoms with Gasteiger partial charge in [0.05, 0.1) is 5.57 Å². The Labute approximate surface area is 63.1 Å². The van der Waals surface area contributed by atoms with Crippen LogP contribution < -0.4 is 0 Å². The number of hydrogen-bond acceptors (Lipinski definition) is 3. The van der Waals surface area contributed by atoms with Crippen LogP contribution in [0.5, 0.6) is 0 Å². The molecule has 4 heteroatoms. The van der Waals surface area contributed by atoms with Gasteiger partial charge in [-0.25, -0.2) is 4.79 Å². The first kappa shape index (κ1) is 7.97. The predicted octanol–water partition coefficient (Wildman–Crippen LogP) is -0.711. The molecule has 60 valence electrons. The number of aliphatic hydroxyl groups is 2. The summed E-state index contributed by atoms with van der Waals surface area (Å²) in [6.45, 7) is 0. The zero-order valence-corrected chi connectivity index (χ0v) is 5.64. The maximum Gasteiger partial charge on any atom is 0.335 e. The van der Waals surface area contributed by atoms with Gasteiger partial charge in [0.15, 0.2) is 0 Å². The Bertz CT molecular complexity index is 229. The van der Waals surface area contributed by atoms with Gasteiger partial charge in [0.2, 0.25) is 0 Å². The van der Waals surface area contributed by atoms with Crippen molar-refractivity contribution in [3.05, 3.63) is 23.8 Å². The van der Waals surface area contributed by atoms with Crippen molar-refractivity contribution in [3.8, 4) is 0 Å². The number of carbonyl (C=O) groups is 1. The summed E-state index contributed by atoms with van der Waals surface area (Å²) >= 11 is 0. The van der Waals surface area contributed by atoms with Gasteiger partial charge < -0.3 is 15.3 Å². The van der Waals surface area contributed by atoms with Gasteiger partial charge in [-0.15, -0.1) is 0 Å². The van der Waals surface area contributed by atoms with E-state index < -0.39 is 18.2 Å². The van der Waals surface area contributed by atoms with E-state index in [1.807, 2.05) is 0 Å². The normalized spacial score (nSPS) is 29.8. The van der Waals surface area contributed by atoms with Crippen molar-refractivity contribution in [1.29, 1.82) is 0 Å². The maximum absolute atomic E-state index is 10.3. The summed E-state index contributed by atoms with van der Waals surface area (Å²) in [4.78, 5) is 10.3. The minimum absolute atomic E-state index is 0.00259. The molecule has 11 heavy (non-hydrogen) atoms. The van der Waals surface area contributed by atoms with Gasteiger partial charge in [0.1, 0.15) is 12.2 Å². The van der Waals surface area contributed by atoms with Gasteiger partial charge in [-0.1, -0.05) is 6.08 Å². The van der Waals surface area contributed by atoms with Gasteiger partial charge in [-0.05, 0) is 12.2 Å². The SMILES string of the molecule is O=C(O)C1=C[C@@H](O)[C@H](O)C=C1. The van der Waals surface area contributed by atoms with E-state index in [0.29, 0.717) is 0 Å². The maximum atomic E-state index is 10.3. The van der Waals surface area contributed by atoms with Crippen LogP contribution in [0, 0.1) is 0 Å². The van der Waals surface area contributed by atoms with Crippen LogP contribution in [0.1, 0.15) is 0 Å². The smallest absolute Gasteiger partial charge is 0.335 e. The molecule has 0 fully saturated rings. The monoisotopic (exact) mass is 156 g/mol. The lowest BCUT2D eigenvalue weighted by Gasteiger charge is -2.14. The Morgan fingerprint density at radius 3 is 2.45 bits per heavy atom. The molecule has 0 bridgehead atoms. The van der Waals surface area contributed by atoms with Crippen LogP contribution in [-0.2, 0) is 4.79 Å². The molecule has 0 spiro atoms. The summed E-state index contributed by atoms with van der Waals surface area (Å²) in [7, 11) is 0. The molecule has 0 aliphatic heterocycles. The van der Waals surface area contributed by atoms with E-state index in [4.69, 9.17) is 15.3 Å². The fourth-order valence-corrected chi connectivity index (χ4v) is 0.797. The van der Waals surface area contributed by atoms with Crippen molar-refractivity contribution in [1.82, 2.24) is 0 Å². The second-order valence-corrected chi connectivity index (χ2v) is 2.27. The lowest BCUT2D eigenvalue weighted by molar-refractivity contribution is -0.132. The van der Waals surface area contributed by atoms with E-state index >= 15 is 0 Å². The Kier molecular flexibility index (Phi) is 2.07. The average molecular weight is 156 g/mol. The van der Waals surface area contributed by atoms with Crippen LogP contribution in [0.3, 0.4) is 0 Å². The number of aliphatic hydroxyl groups excluding tert-OH is 2. The number of rotatable bonds is 1. The zero-order chi connectivity index (χ0) is 8.43. The van der Waals surface area contributed by atoms with Crippen LogP contribution in [-0.4, -0.2) is 33.5 Å². The number of carboxylic acid groups (broad SMARTS) is 1. The third-order valence-electron chi connectivity index (χ3n) is 1.42. The topological polar surface area (TPSA) is 77.8 Å². The van der Waals surface area contributed by atoms with E-state index in [1.165, 1.54) is 12.2 Å². The number of carboxylic acids is 1. The molecule has 0 aromatic carbocycles. The van der Waals surface area contributed by atoms with Crippen LogP contribution in [0.15, 0.2) is 23.8 Å². The molecule has 1 aliphatic carbocycles. The Hall–Kier alpha value is -1.13. The Morgan fingerprint density at radius 1 is 1.36 bits per heavy atom. The van der Waals surface area contributed by atoms with Crippen molar-refractivity contribution < 1.29 is 20.1 Å². The van der Waals surface area contributed by atoms with E-state index in [1.54, 1.807) is 0 Å². The van der Waals surface area contributed by atoms with Crippen LogP contribution in [0.2, 0.25) is 0 Å². The lowest BCUT2D eigenvalue weighted by Crippen LogP contribution is -2.25. The summed E-state index contributed by atoms with van der Waals surface area (Å²) in [6, 6.07) is 0. The molecular weight excluding hydrogens is 148 g/mol. The molecule has 0 saturated heterocycles. The molecule has 0 heterocycles. The first-order valence-electron chi connectivity index (χ1n) is 3.10. The second kappa shape index (κ2) is 2.86. The fourth-order valence-electron chi connectivity index (χ4n) is 0.797. The van der Waals surface area contributed by atoms with Gasteiger partial charge in [-0.2, -0.15) is 0 Å². The molecule has 0 unspecified atom stereocenters. The van der Waals surface area contributed by atoms with Crippen molar-refractivity contribution in [3.63, 3.8) is 0 Å². The molecule has 0 radical (unpaired) electrons. The van der Waals surface area contributed by atoms with E-state index in [2.05, 4.69) is 0 Å². The highest BCUT2D eigenvalue weighted by atomic mass is 16.4. The van der Waals surface area contributed by atoms with Crippen LogP contribution >= 0.6 is 0 Å². The first-order chi connectivity index (χ1) is 5.11. The van der Waals surface area contributed by atoms with E-state index in [-0.39, 0.29) is 5.57 Å².